The van der Waals surface area contributed by atoms with E-state index in [1.807, 2.05) is 68.4 Å². The second-order valence-corrected chi connectivity index (χ2v) is 8.45. The molecule has 3 rings (SSSR count). The van der Waals surface area contributed by atoms with Crippen LogP contribution < -0.4 is 5.32 Å². The Morgan fingerprint density at radius 1 is 0.781 bits per heavy atom. The number of carbonyl (C=O) groups excluding carboxylic acids is 2. The monoisotopic (exact) mass is 429 g/mol. The van der Waals surface area contributed by atoms with Crippen LogP contribution in [0.5, 0.6) is 0 Å². The Balaban J connectivity index is 2.09. The highest BCUT2D eigenvalue weighted by atomic mass is 16.5. The molecule has 0 heterocycles. The highest BCUT2D eigenvalue weighted by Gasteiger charge is 2.39. The molecule has 0 aromatic heterocycles. The maximum atomic E-state index is 13.5. The average molecular weight is 430 g/mol. The Labute approximate surface area is 190 Å². The molecule has 3 aromatic rings. The Hall–Kier alpha value is -3.40. The van der Waals surface area contributed by atoms with Gasteiger partial charge in [0.15, 0.2) is 0 Å². The fourth-order valence-electron chi connectivity index (χ4n) is 4.29. The molecule has 0 radical (unpaired) electrons. The van der Waals surface area contributed by atoms with Gasteiger partial charge < -0.3 is 10.1 Å². The van der Waals surface area contributed by atoms with Crippen LogP contribution in [0.1, 0.15) is 43.4 Å². The summed E-state index contributed by atoms with van der Waals surface area (Å²) in [4.78, 5) is 25.8. The maximum Gasteiger partial charge on any atom is 0.328 e. The minimum absolute atomic E-state index is 0.163. The van der Waals surface area contributed by atoms with Crippen LogP contribution in [0.2, 0.25) is 0 Å². The number of hydrogen-bond acceptors (Lipinski definition) is 3. The van der Waals surface area contributed by atoms with Gasteiger partial charge in [0.25, 0.3) is 0 Å². The summed E-state index contributed by atoms with van der Waals surface area (Å²) < 4.78 is 4.94. The molecule has 0 spiro atoms. The third-order valence-corrected chi connectivity index (χ3v) is 5.75. The number of methoxy groups -OCH3 is 1. The summed E-state index contributed by atoms with van der Waals surface area (Å²) in [6.45, 7) is 4.04. The van der Waals surface area contributed by atoms with Crippen LogP contribution in [-0.4, -0.2) is 25.0 Å². The zero-order valence-electron chi connectivity index (χ0n) is 19.0. The Morgan fingerprint density at radius 3 is 1.53 bits per heavy atom. The van der Waals surface area contributed by atoms with Crippen molar-refractivity contribution in [2.75, 3.05) is 7.11 Å². The molecule has 0 aliphatic heterocycles. The Morgan fingerprint density at radius 2 is 1.19 bits per heavy atom. The molecule has 0 aliphatic rings. The van der Waals surface area contributed by atoms with Crippen molar-refractivity contribution in [3.05, 3.63) is 108 Å². The van der Waals surface area contributed by atoms with Crippen molar-refractivity contribution in [2.24, 2.45) is 5.92 Å². The molecular formula is C28H31NO3. The number of carbonyl (C=O) groups is 2. The summed E-state index contributed by atoms with van der Waals surface area (Å²) in [5.41, 5.74) is 2.36. The van der Waals surface area contributed by atoms with Crippen molar-refractivity contribution in [1.29, 1.82) is 0 Å². The van der Waals surface area contributed by atoms with Gasteiger partial charge in [0.05, 0.1) is 12.5 Å². The van der Waals surface area contributed by atoms with E-state index in [-0.39, 0.29) is 18.2 Å². The summed E-state index contributed by atoms with van der Waals surface area (Å²) in [7, 11) is 1.35. The lowest BCUT2D eigenvalue weighted by molar-refractivity contribution is -0.145. The molecule has 1 amide bonds. The van der Waals surface area contributed by atoms with Gasteiger partial charge in [-0.2, -0.15) is 0 Å². The molecule has 1 N–H and O–H groups in total. The SMILES string of the molecule is COC(=O)[C@@H](CC(C)C)NC(=O)CC(c1ccccc1)(c1ccccc1)c1ccccc1. The summed E-state index contributed by atoms with van der Waals surface area (Å²) in [5.74, 6) is -0.379. The predicted molar refractivity (Wildman–Crippen MR) is 127 cm³/mol. The number of esters is 1. The first-order valence-corrected chi connectivity index (χ1v) is 11.0. The smallest absolute Gasteiger partial charge is 0.328 e. The number of rotatable bonds is 9. The quantitative estimate of drug-likeness (QED) is 0.380. The van der Waals surface area contributed by atoms with Gasteiger partial charge in [0.2, 0.25) is 5.91 Å². The topological polar surface area (TPSA) is 55.4 Å². The van der Waals surface area contributed by atoms with E-state index in [1.165, 1.54) is 7.11 Å². The van der Waals surface area contributed by atoms with Crippen molar-refractivity contribution in [1.82, 2.24) is 5.32 Å². The van der Waals surface area contributed by atoms with Crippen molar-refractivity contribution < 1.29 is 14.3 Å². The average Bonchev–Trinajstić information content (AvgIpc) is 2.83. The molecule has 0 saturated carbocycles. The summed E-state index contributed by atoms with van der Waals surface area (Å²) >= 11 is 0. The second-order valence-electron chi connectivity index (χ2n) is 8.45. The molecular weight excluding hydrogens is 398 g/mol. The van der Waals surface area contributed by atoms with Crippen LogP contribution in [0.3, 0.4) is 0 Å². The van der Waals surface area contributed by atoms with Crippen LogP contribution in [0.4, 0.5) is 0 Å². The zero-order valence-corrected chi connectivity index (χ0v) is 19.0. The van der Waals surface area contributed by atoms with E-state index in [2.05, 4.69) is 41.7 Å². The largest absolute Gasteiger partial charge is 0.467 e. The van der Waals surface area contributed by atoms with Crippen LogP contribution in [0, 0.1) is 5.92 Å². The molecule has 4 nitrogen and oxygen atoms in total. The normalized spacial score (nSPS) is 12.2. The van der Waals surface area contributed by atoms with Gasteiger partial charge in [-0.3, -0.25) is 4.79 Å². The summed E-state index contributed by atoms with van der Waals surface area (Å²) in [5, 5.41) is 2.95. The van der Waals surface area contributed by atoms with Gasteiger partial charge in [0, 0.05) is 6.42 Å². The van der Waals surface area contributed by atoms with Crippen LogP contribution in [-0.2, 0) is 19.7 Å². The van der Waals surface area contributed by atoms with Crippen molar-refractivity contribution in [2.45, 2.75) is 38.1 Å². The van der Waals surface area contributed by atoms with Gasteiger partial charge in [-0.15, -0.1) is 0 Å². The van der Waals surface area contributed by atoms with E-state index in [9.17, 15) is 9.59 Å². The number of ether oxygens (including phenoxy) is 1. The van der Waals surface area contributed by atoms with Gasteiger partial charge in [-0.05, 0) is 29.0 Å². The summed E-state index contributed by atoms with van der Waals surface area (Å²) in [6.07, 6.45) is 0.685. The minimum atomic E-state index is -0.702. The molecule has 1 atom stereocenters. The Bertz CT molecular complexity index is 904. The third-order valence-electron chi connectivity index (χ3n) is 5.75. The van der Waals surface area contributed by atoms with Gasteiger partial charge >= 0.3 is 5.97 Å². The lowest BCUT2D eigenvalue weighted by Gasteiger charge is -2.36. The Kier molecular flexibility index (Phi) is 7.82. The lowest BCUT2D eigenvalue weighted by atomic mass is 9.67. The van der Waals surface area contributed by atoms with Gasteiger partial charge in [0.1, 0.15) is 6.04 Å². The molecule has 0 bridgehead atoms. The molecule has 32 heavy (non-hydrogen) atoms. The number of amides is 1. The van der Waals surface area contributed by atoms with Crippen molar-refractivity contribution in [3.63, 3.8) is 0 Å². The third kappa shape index (κ3) is 5.25. The zero-order chi connectivity index (χ0) is 23.0. The van der Waals surface area contributed by atoms with Crippen LogP contribution in [0.25, 0.3) is 0 Å². The van der Waals surface area contributed by atoms with Gasteiger partial charge in [-0.25, -0.2) is 4.79 Å². The maximum absolute atomic E-state index is 13.5. The van der Waals surface area contributed by atoms with Crippen LogP contribution in [0.15, 0.2) is 91.0 Å². The van der Waals surface area contributed by atoms with Crippen molar-refractivity contribution >= 4 is 11.9 Å². The van der Waals surface area contributed by atoms with E-state index in [0.29, 0.717) is 6.42 Å². The first-order chi connectivity index (χ1) is 15.5. The highest BCUT2D eigenvalue weighted by molar-refractivity contribution is 5.86. The van der Waals surface area contributed by atoms with E-state index in [4.69, 9.17) is 4.74 Å². The van der Waals surface area contributed by atoms with E-state index in [0.717, 1.165) is 16.7 Å². The predicted octanol–water partition coefficient (Wildman–Crippen LogP) is 5.12. The molecule has 3 aromatic carbocycles. The number of hydrogen-bond donors (Lipinski definition) is 1. The molecule has 4 heteroatoms. The molecule has 166 valence electrons. The molecule has 0 fully saturated rings. The highest BCUT2D eigenvalue weighted by Crippen LogP contribution is 2.42. The molecule has 0 aliphatic carbocycles. The molecule has 0 unspecified atom stereocenters. The van der Waals surface area contributed by atoms with E-state index in [1.54, 1.807) is 0 Å². The van der Waals surface area contributed by atoms with E-state index < -0.39 is 17.4 Å². The second kappa shape index (κ2) is 10.8. The van der Waals surface area contributed by atoms with Crippen LogP contribution >= 0.6 is 0 Å². The number of nitrogens with one attached hydrogen (secondary N) is 1. The van der Waals surface area contributed by atoms with Crippen molar-refractivity contribution in [3.8, 4) is 0 Å². The fraction of sp³-hybridized carbons (Fsp3) is 0.286. The first kappa shape index (κ1) is 23.3. The van der Waals surface area contributed by atoms with Gasteiger partial charge in [-0.1, -0.05) is 105 Å². The number of benzene rings is 3. The minimum Gasteiger partial charge on any atom is -0.467 e. The van der Waals surface area contributed by atoms with E-state index >= 15 is 0 Å². The summed E-state index contributed by atoms with van der Waals surface area (Å²) in [6, 6.07) is 29.5. The molecule has 0 saturated heterocycles. The first-order valence-electron chi connectivity index (χ1n) is 11.0. The fourth-order valence-corrected chi connectivity index (χ4v) is 4.29. The lowest BCUT2D eigenvalue weighted by Crippen LogP contribution is -2.45. The standard InChI is InChI=1S/C28H31NO3/c1-21(2)19-25(27(31)32-3)29-26(30)20-28(22-13-7-4-8-14-22,23-15-9-5-10-16-23)24-17-11-6-12-18-24/h4-18,21,25H,19-20H2,1-3H3,(H,29,30)/t25-/m1/s1.